The zero-order valence-electron chi connectivity index (χ0n) is 12.6. The summed E-state index contributed by atoms with van der Waals surface area (Å²) in [4.78, 5) is 0. The summed E-state index contributed by atoms with van der Waals surface area (Å²) in [5.41, 5.74) is 1.23. The summed E-state index contributed by atoms with van der Waals surface area (Å²) in [6.45, 7) is 2.66. The van der Waals surface area contributed by atoms with Crippen LogP contribution in [0.4, 0.5) is 0 Å². The van der Waals surface area contributed by atoms with Crippen LogP contribution < -0.4 is 0 Å². The van der Waals surface area contributed by atoms with Gasteiger partial charge in [-0.2, -0.15) is 0 Å². The zero-order chi connectivity index (χ0) is 13.8. The summed E-state index contributed by atoms with van der Waals surface area (Å²) in [5, 5.41) is 0. The fourth-order valence-corrected chi connectivity index (χ4v) is 3.98. The minimum atomic E-state index is 0.468. The van der Waals surface area contributed by atoms with E-state index in [1.165, 1.54) is 44.1 Å². The molecule has 0 aliphatic carbocycles. The van der Waals surface area contributed by atoms with Crippen LogP contribution in [-0.2, 0) is 4.65 Å². The molecule has 0 N–H and O–H groups in total. The Kier molecular flexibility index (Phi) is 4.49. The standard InChI is InChI=1S/C18H25BO/c1-2-8-18(15-9-4-3-5-10-15)20-19-16-11-6-12-17(19)14-7-13-16/h3-5,8-10,16-17H,2,6-7,11-14H2,1H3/b18-8-. The lowest BCUT2D eigenvalue weighted by atomic mass is 9.38. The molecule has 0 aromatic heterocycles. The molecule has 0 amide bonds. The molecule has 0 saturated carbocycles. The van der Waals surface area contributed by atoms with E-state index < -0.39 is 0 Å². The minimum Gasteiger partial charge on any atom is -0.560 e. The molecule has 20 heavy (non-hydrogen) atoms. The van der Waals surface area contributed by atoms with Crippen LogP contribution in [-0.4, -0.2) is 6.92 Å². The fraction of sp³-hybridized carbons (Fsp3) is 0.556. The third-order valence-corrected chi connectivity index (χ3v) is 4.94. The molecular weight excluding hydrogens is 243 g/mol. The normalized spacial score (nSPS) is 26.4. The van der Waals surface area contributed by atoms with E-state index in [9.17, 15) is 0 Å². The molecule has 0 radical (unpaired) electrons. The predicted molar refractivity (Wildman–Crippen MR) is 86.8 cm³/mol. The second kappa shape index (κ2) is 6.52. The Morgan fingerprint density at radius 1 is 1.10 bits per heavy atom. The Morgan fingerprint density at radius 2 is 1.70 bits per heavy atom. The van der Waals surface area contributed by atoms with E-state index in [1.807, 2.05) is 0 Å². The molecule has 0 unspecified atom stereocenters. The van der Waals surface area contributed by atoms with Gasteiger partial charge in [-0.15, -0.1) is 0 Å². The summed E-state index contributed by atoms with van der Waals surface area (Å²) in [5.74, 6) is 2.70. The van der Waals surface area contributed by atoms with Gasteiger partial charge in [0, 0.05) is 5.56 Å². The van der Waals surface area contributed by atoms with Crippen molar-refractivity contribution in [1.29, 1.82) is 0 Å². The van der Waals surface area contributed by atoms with Gasteiger partial charge in [-0.1, -0.05) is 75.8 Å². The lowest BCUT2D eigenvalue weighted by Gasteiger charge is -2.39. The van der Waals surface area contributed by atoms with E-state index in [0.29, 0.717) is 6.92 Å². The van der Waals surface area contributed by atoms with Gasteiger partial charge in [-0.25, -0.2) is 0 Å². The van der Waals surface area contributed by atoms with Crippen molar-refractivity contribution in [2.75, 3.05) is 0 Å². The first-order chi connectivity index (χ1) is 9.88. The second-order valence-electron chi connectivity index (χ2n) is 6.31. The molecule has 2 fully saturated rings. The molecule has 0 atom stereocenters. The highest BCUT2D eigenvalue weighted by atomic mass is 16.4. The van der Waals surface area contributed by atoms with Gasteiger partial charge in [-0.05, 0) is 24.1 Å². The molecule has 1 aromatic rings. The van der Waals surface area contributed by atoms with Crippen molar-refractivity contribution in [1.82, 2.24) is 0 Å². The van der Waals surface area contributed by atoms with E-state index in [2.05, 4.69) is 43.3 Å². The van der Waals surface area contributed by atoms with Gasteiger partial charge >= 0.3 is 6.92 Å². The van der Waals surface area contributed by atoms with E-state index >= 15 is 0 Å². The SMILES string of the molecule is CC/C=C(\OB1C2CCCC1CCC2)c1ccccc1. The average Bonchev–Trinajstić information content (AvgIpc) is 2.47. The van der Waals surface area contributed by atoms with E-state index in [0.717, 1.165) is 23.8 Å². The van der Waals surface area contributed by atoms with Gasteiger partial charge < -0.3 is 4.65 Å². The first-order valence-electron chi connectivity index (χ1n) is 8.30. The van der Waals surface area contributed by atoms with E-state index in [-0.39, 0.29) is 0 Å². The van der Waals surface area contributed by atoms with Crippen LogP contribution in [0.2, 0.25) is 11.6 Å². The van der Waals surface area contributed by atoms with E-state index in [4.69, 9.17) is 4.65 Å². The van der Waals surface area contributed by atoms with Gasteiger partial charge in [0.05, 0.1) is 0 Å². The molecule has 2 aliphatic rings. The number of benzene rings is 1. The van der Waals surface area contributed by atoms with Gasteiger partial charge in [0.2, 0.25) is 0 Å². The monoisotopic (exact) mass is 268 g/mol. The first kappa shape index (κ1) is 13.8. The predicted octanol–water partition coefficient (Wildman–Crippen LogP) is 5.55. The number of fused-ring (bicyclic) bond motifs is 2. The van der Waals surface area contributed by atoms with Crippen molar-refractivity contribution in [2.45, 2.75) is 63.5 Å². The topological polar surface area (TPSA) is 9.23 Å². The Balaban J connectivity index is 1.78. The number of rotatable bonds is 4. The summed E-state index contributed by atoms with van der Waals surface area (Å²) < 4.78 is 6.55. The van der Waals surface area contributed by atoms with Crippen LogP contribution in [0.5, 0.6) is 0 Å². The van der Waals surface area contributed by atoms with Crippen LogP contribution in [0.25, 0.3) is 5.76 Å². The molecule has 0 spiro atoms. The summed E-state index contributed by atoms with van der Waals surface area (Å²) in [6, 6.07) is 10.6. The highest BCUT2D eigenvalue weighted by Gasteiger charge is 2.42. The molecule has 3 rings (SSSR count). The van der Waals surface area contributed by atoms with Gasteiger partial charge in [0.15, 0.2) is 0 Å². The lowest BCUT2D eigenvalue weighted by molar-refractivity contribution is 0.367. The fourth-order valence-electron chi connectivity index (χ4n) is 3.98. The second-order valence-corrected chi connectivity index (χ2v) is 6.31. The van der Waals surface area contributed by atoms with Crippen molar-refractivity contribution < 1.29 is 4.65 Å². The molecule has 1 nitrogen and oxygen atoms in total. The van der Waals surface area contributed by atoms with Crippen molar-refractivity contribution in [3.05, 3.63) is 42.0 Å². The summed E-state index contributed by atoms with van der Waals surface area (Å²) in [6.07, 6.45) is 11.6. The van der Waals surface area contributed by atoms with Crippen LogP contribution in [0.15, 0.2) is 36.4 Å². The third kappa shape index (κ3) is 2.94. The Morgan fingerprint density at radius 3 is 2.25 bits per heavy atom. The van der Waals surface area contributed by atoms with Crippen molar-refractivity contribution in [2.24, 2.45) is 0 Å². The Labute approximate surface area is 123 Å². The maximum atomic E-state index is 6.55. The number of hydrogen-bond acceptors (Lipinski definition) is 1. The maximum Gasteiger partial charge on any atom is 0.364 e. The molecular formula is C18H25BO. The highest BCUT2D eigenvalue weighted by molar-refractivity contribution is 6.57. The molecule has 2 aliphatic heterocycles. The molecule has 2 heterocycles. The van der Waals surface area contributed by atoms with Crippen LogP contribution in [0.1, 0.15) is 57.4 Å². The van der Waals surface area contributed by atoms with Gasteiger partial charge in [-0.3, -0.25) is 0 Å². The Hall–Kier alpha value is -1.18. The van der Waals surface area contributed by atoms with Gasteiger partial charge in [0.25, 0.3) is 0 Å². The van der Waals surface area contributed by atoms with Crippen LogP contribution in [0, 0.1) is 0 Å². The molecule has 2 bridgehead atoms. The number of allylic oxidation sites excluding steroid dienone is 1. The van der Waals surface area contributed by atoms with Crippen molar-refractivity contribution in [3.63, 3.8) is 0 Å². The quantitative estimate of drug-likeness (QED) is 0.513. The minimum absolute atomic E-state index is 0.468. The first-order valence-corrected chi connectivity index (χ1v) is 8.30. The largest absolute Gasteiger partial charge is 0.560 e. The molecule has 2 heteroatoms. The van der Waals surface area contributed by atoms with Crippen LogP contribution in [0.3, 0.4) is 0 Å². The summed E-state index contributed by atoms with van der Waals surface area (Å²) >= 11 is 0. The smallest absolute Gasteiger partial charge is 0.364 e. The number of hydrogen-bond donors (Lipinski definition) is 0. The molecule has 1 aromatic carbocycles. The maximum absolute atomic E-state index is 6.55. The zero-order valence-corrected chi connectivity index (χ0v) is 12.6. The lowest BCUT2D eigenvalue weighted by Crippen LogP contribution is -2.36. The third-order valence-electron chi connectivity index (χ3n) is 4.94. The Bertz CT molecular complexity index is 432. The average molecular weight is 268 g/mol. The van der Waals surface area contributed by atoms with Crippen LogP contribution >= 0.6 is 0 Å². The molecule has 2 saturated heterocycles. The summed E-state index contributed by atoms with van der Waals surface area (Å²) in [7, 11) is 0. The molecule has 106 valence electrons. The van der Waals surface area contributed by atoms with Gasteiger partial charge in [0.1, 0.15) is 5.76 Å². The van der Waals surface area contributed by atoms with Crippen molar-refractivity contribution >= 4 is 12.7 Å². The highest BCUT2D eigenvalue weighted by Crippen LogP contribution is 2.47. The van der Waals surface area contributed by atoms with Crippen molar-refractivity contribution in [3.8, 4) is 0 Å². The van der Waals surface area contributed by atoms with E-state index in [1.54, 1.807) is 0 Å².